The molecule has 0 unspecified atom stereocenters. The number of rotatable bonds is 3. The number of hydrogen-bond donors (Lipinski definition) is 2. The summed E-state index contributed by atoms with van der Waals surface area (Å²) in [5.74, 6) is -0.440. The van der Waals surface area contributed by atoms with Crippen LogP contribution < -0.4 is 15.5 Å². The predicted molar refractivity (Wildman–Crippen MR) is 121 cm³/mol. The molecule has 148 valence electrons. The number of amides is 1. The molecule has 2 aromatic rings. The van der Waals surface area contributed by atoms with Crippen molar-refractivity contribution in [1.82, 2.24) is 10.2 Å². The molecule has 1 amide bonds. The lowest BCUT2D eigenvalue weighted by atomic mass is 10.2. The summed E-state index contributed by atoms with van der Waals surface area (Å²) in [4.78, 5) is 16.9. The van der Waals surface area contributed by atoms with Gasteiger partial charge in [0, 0.05) is 36.9 Å². The molecule has 3 rings (SSSR count). The summed E-state index contributed by atoms with van der Waals surface area (Å²) in [6, 6.07) is 10.3. The summed E-state index contributed by atoms with van der Waals surface area (Å²) < 4.78 is 0. The van der Waals surface area contributed by atoms with Crippen LogP contribution in [0.25, 0.3) is 0 Å². The van der Waals surface area contributed by atoms with Crippen molar-refractivity contribution in [2.24, 2.45) is 0 Å². The van der Waals surface area contributed by atoms with Crippen LogP contribution in [0.3, 0.4) is 0 Å². The molecule has 9 heteroatoms. The van der Waals surface area contributed by atoms with Gasteiger partial charge in [-0.05, 0) is 55.7 Å². The SMILES string of the molecule is CN1CCN(c2ccc(NC(=S)NC(=O)c3cc(Cl)ccc3Cl)cc2Cl)CC1. The van der Waals surface area contributed by atoms with Crippen LogP contribution in [0.15, 0.2) is 36.4 Å². The van der Waals surface area contributed by atoms with Gasteiger partial charge in [0.25, 0.3) is 5.91 Å². The van der Waals surface area contributed by atoms with Gasteiger partial charge in [-0.15, -0.1) is 0 Å². The van der Waals surface area contributed by atoms with E-state index in [4.69, 9.17) is 47.0 Å². The van der Waals surface area contributed by atoms with Gasteiger partial charge in [0.2, 0.25) is 0 Å². The highest BCUT2D eigenvalue weighted by atomic mass is 35.5. The topological polar surface area (TPSA) is 47.6 Å². The minimum Gasteiger partial charge on any atom is -0.368 e. The molecular weight excluding hydrogens is 439 g/mol. The van der Waals surface area contributed by atoms with Crippen molar-refractivity contribution in [2.75, 3.05) is 43.4 Å². The number of halogens is 3. The average Bonchev–Trinajstić information content (AvgIpc) is 2.64. The van der Waals surface area contributed by atoms with E-state index in [1.54, 1.807) is 18.2 Å². The number of likely N-dealkylation sites (N-methyl/N-ethyl adjacent to an activating group) is 1. The maximum absolute atomic E-state index is 12.4. The largest absolute Gasteiger partial charge is 0.368 e. The van der Waals surface area contributed by atoms with Gasteiger partial charge in [-0.1, -0.05) is 34.8 Å². The summed E-state index contributed by atoms with van der Waals surface area (Å²) in [6.07, 6.45) is 0. The Bertz CT molecular complexity index is 901. The Morgan fingerprint density at radius 1 is 1.00 bits per heavy atom. The first-order valence-corrected chi connectivity index (χ1v) is 10.2. The second-order valence-electron chi connectivity index (χ2n) is 6.49. The van der Waals surface area contributed by atoms with Gasteiger partial charge in [0.15, 0.2) is 5.11 Å². The number of anilines is 2. The summed E-state index contributed by atoms with van der Waals surface area (Å²) in [5, 5.41) is 7.04. The molecule has 1 aliphatic rings. The van der Waals surface area contributed by atoms with E-state index in [1.807, 2.05) is 12.1 Å². The van der Waals surface area contributed by atoms with E-state index in [-0.39, 0.29) is 10.7 Å². The number of nitrogens with zero attached hydrogens (tertiary/aromatic N) is 2. The van der Waals surface area contributed by atoms with Crippen LogP contribution in [0.1, 0.15) is 10.4 Å². The fraction of sp³-hybridized carbons (Fsp3) is 0.263. The molecule has 28 heavy (non-hydrogen) atoms. The Morgan fingerprint density at radius 3 is 2.39 bits per heavy atom. The third-order valence-corrected chi connectivity index (χ3v) is 5.52. The molecule has 0 bridgehead atoms. The highest BCUT2D eigenvalue weighted by Crippen LogP contribution is 2.29. The Hall–Kier alpha value is -1.57. The highest BCUT2D eigenvalue weighted by Gasteiger charge is 2.17. The Balaban J connectivity index is 1.63. The summed E-state index contributed by atoms with van der Waals surface area (Å²) in [6.45, 7) is 3.85. The van der Waals surface area contributed by atoms with Gasteiger partial charge >= 0.3 is 0 Å². The van der Waals surface area contributed by atoms with Crippen molar-refractivity contribution in [3.63, 3.8) is 0 Å². The van der Waals surface area contributed by atoms with Gasteiger partial charge in [0.1, 0.15) is 0 Å². The van der Waals surface area contributed by atoms with Crippen LogP contribution in [-0.2, 0) is 0 Å². The molecule has 2 N–H and O–H groups in total. The number of carbonyl (C=O) groups is 1. The molecule has 0 aromatic heterocycles. The van der Waals surface area contributed by atoms with Crippen molar-refractivity contribution < 1.29 is 4.79 Å². The Morgan fingerprint density at radius 2 is 1.71 bits per heavy atom. The monoisotopic (exact) mass is 456 g/mol. The minimum absolute atomic E-state index is 0.143. The Kier molecular flexibility index (Phi) is 7.01. The second kappa shape index (κ2) is 9.29. The second-order valence-corrected chi connectivity index (χ2v) is 8.15. The fourth-order valence-corrected chi connectivity index (χ4v) is 3.78. The number of nitrogens with one attached hydrogen (secondary N) is 2. The van der Waals surface area contributed by atoms with Crippen molar-refractivity contribution in [2.45, 2.75) is 0 Å². The van der Waals surface area contributed by atoms with Crippen molar-refractivity contribution in [3.8, 4) is 0 Å². The third kappa shape index (κ3) is 5.27. The number of carbonyl (C=O) groups excluding carboxylic acids is 1. The molecule has 1 aliphatic heterocycles. The number of hydrogen-bond acceptors (Lipinski definition) is 4. The number of piperazine rings is 1. The summed E-state index contributed by atoms with van der Waals surface area (Å²) in [7, 11) is 2.11. The van der Waals surface area contributed by atoms with Gasteiger partial charge in [-0.3, -0.25) is 10.1 Å². The molecule has 0 radical (unpaired) electrons. The average molecular weight is 458 g/mol. The molecule has 0 spiro atoms. The number of thiocarbonyl (C=S) groups is 1. The first-order chi connectivity index (χ1) is 13.3. The lowest BCUT2D eigenvalue weighted by Gasteiger charge is -2.34. The van der Waals surface area contributed by atoms with Gasteiger partial charge in [-0.25, -0.2) is 0 Å². The van der Waals surface area contributed by atoms with E-state index in [0.717, 1.165) is 31.9 Å². The molecule has 0 saturated carbocycles. The first-order valence-electron chi connectivity index (χ1n) is 8.64. The summed E-state index contributed by atoms with van der Waals surface area (Å²) >= 11 is 23.7. The maximum atomic E-state index is 12.4. The normalized spacial score (nSPS) is 14.6. The first kappa shape index (κ1) is 21.1. The highest BCUT2D eigenvalue weighted by molar-refractivity contribution is 7.80. The Labute approximate surface area is 184 Å². The van der Waals surface area contributed by atoms with Gasteiger partial charge < -0.3 is 15.1 Å². The molecule has 1 fully saturated rings. The van der Waals surface area contributed by atoms with E-state index in [0.29, 0.717) is 20.8 Å². The zero-order valence-corrected chi connectivity index (χ0v) is 18.2. The minimum atomic E-state index is -0.440. The molecule has 2 aromatic carbocycles. The lowest BCUT2D eigenvalue weighted by Crippen LogP contribution is -2.44. The van der Waals surface area contributed by atoms with E-state index in [1.165, 1.54) is 6.07 Å². The lowest BCUT2D eigenvalue weighted by molar-refractivity contribution is 0.0978. The quantitative estimate of drug-likeness (QED) is 0.663. The van der Waals surface area contributed by atoms with Crippen molar-refractivity contribution in [3.05, 3.63) is 57.0 Å². The molecule has 5 nitrogen and oxygen atoms in total. The van der Waals surface area contributed by atoms with Gasteiger partial charge in [-0.2, -0.15) is 0 Å². The van der Waals surface area contributed by atoms with Crippen molar-refractivity contribution >= 4 is 69.4 Å². The standard InChI is InChI=1S/C19H19Cl3N4OS/c1-25-6-8-26(9-7-25)17-5-3-13(11-16(17)22)23-19(28)24-18(27)14-10-12(20)2-4-15(14)21/h2-5,10-11H,6-9H2,1H3,(H2,23,24,27,28). The van der Waals surface area contributed by atoms with Crippen molar-refractivity contribution in [1.29, 1.82) is 0 Å². The van der Waals surface area contributed by atoms with Crippen LogP contribution in [0.2, 0.25) is 15.1 Å². The molecule has 1 saturated heterocycles. The van der Waals surface area contributed by atoms with Crippen LogP contribution in [-0.4, -0.2) is 49.1 Å². The van der Waals surface area contributed by atoms with Gasteiger partial charge in [0.05, 0.1) is 21.3 Å². The summed E-state index contributed by atoms with van der Waals surface area (Å²) in [5.41, 5.74) is 1.92. The fourth-order valence-electron chi connectivity index (χ4n) is 2.89. The molecular formula is C19H19Cl3N4OS. The number of benzene rings is 2. The van der Waals surface area contributed by atoms with Crippen LogP contribution in [0.4, 0.5) is 11.4 Å². The van der Waals surface area contributed by atoms with E-state index in [2.05, 4.69) is 27.5 Å². The van der Waals surface area contributed by atoms with E-state index >= 15 is 0 Å². The zero-order chi connectivity index (χ0) is 20.3. The van der Waals surface area contributed by atoms with Crippen LogP contribution >= 0.6 is 47.0 Å². The maximum Gasteiger partial charge on any atom is 0.258 e. The van der Waals surface area contributed by atoms with E-state index in [9.17, 15) is 4.79 Å². The third-order valence-electron chi connectivity index (χ3n) is 4.45. The van der Waals surface area contributed by atoms with Crippen LogP contribution in [0.5, 0.6) is 0 Å². The zero-order valence-electron chi connectivity index (χ0n) is 15.1. The molecule has 1 heterocycles. The van der Waals surface area contributed by atoms with E-state index < -0.39 is 5.91 Å². The molecule has 0 aliphatic carbocycles. The predicted octanol–water partition coefficient (Wildman–Crippen LogP) is 4.53. The molecule has 0 atom stereocenters. The smallest absolute Gasteiger partial charge is 0.258 e. The van der Waals surface area contributed by atoms with Crippen LogP contribution in [0, 0.1) is 0 Å².